The van der Waals surface area contributed by atoms with Crippen molar-refractivity contribution in [2.75, 3.05) is 19.8 Å². The lowest BCUT2D eigenvalue weighted by atomic mass is 9.91. The Hall–Kier alpha value is -2.92. The van der Waals surface area contributed by atoms with Crippen molar-refractivity contribution in [3.05, 3.63) is 57.2 Å². The number of fused-ring (bicyclic) bond motifs is 2. The normalized spacial score (nSPS) is 31.2. The molecule has 3 aromatic rings. The van der Waals surface area contributed by atoms with Gasteiger partial charge in [0.1, 0.15) is 11.3 Å². The fraction of sp³-hybridized carbons (Fsp3) is 0.577. The van der Waals surface area contributed by atoms with E-state index < -0.39 is 17.0 Å². The lowest BCUT2D eigenvalue weighted by Gasteiger charge is -2.31. The Morgan fingerprint density at radius 2 is 1.81 bits per heavy atom. The van der Waals surface area contributed by atoms with Gasteiger partial charge in [0, 0.05) is 30.2 Å². The van der Waals surface area contributed by atoms with E-state index in [-0.39, 0.29) is 36.5 Å². The number of ether oxygens (including phenoxy) is 2. The van der Waals surface area contributed by atoms with E-state index in [4.69, 9.17) is 19.4 Å². The van der Waals surface area contributed by atoms with Crippen LogP contribution in [-0.2, 0) is 14.9 Å². The molecule has 4 fully saturated rings. The summed E-state index contributed by atoms with van der Waals surface area (Å²) in [4.78, 5) is 31.1. The fourth-order valence-electron chi connectivity index (χ4n) is 6.05. The van der Waals surface area contributed by atoms with Crippen LogP contribution in [0.25, 0.3) is 11.2 Å². The van der Waals surface area contributed by atoms with Crippen LogP contribution in [-0.4, -0.2) is 50.5 Å². The van der Waals surface area contributed by atoms with Crippen molar-refractivity contribution in [3.63, 3.8) is 0 Å². The molecule has 2 saturated carbocycles. The van der Waals surface area contributed by atoms with Crippen LogP contribution >= 0.6 is 0 Å². The molecule has 0 amide bonds. The van der Waals surface area contributed by atoms with Crippen LogP contribution < -0.4 is 5.56 Å². The van der Waals surface area contributed by atoms with Gasteiger partial charge in [0.05, 0.1) is 47.9 Å². The molecule has 37 heavy (non-hydrogen) atoms. The first-order valence-electron chi connectivity index (χ1n) is 12.6. The van der Waals surface area contributed by atoms with E-state index in [0.717, 1.165) is 5.56 Å². The van der Waals surface area contributed by atoms with E-state index in [1.54, 1.807) is 23.6 Å². The first-order valence-corrected chi connectivity index (χ1v) is 12.6. The molecule has 2 unspecified atom stereocenters. The first kappa shape index (κ1) is 23.2. The summed E-state index contributed by atoms with van der Waals surface area (Å²) in [7, 11) is 0. The minimum atomic E-state index is -4.27. The Labute approximate surface area is 210 Å². The molecule has 2 aliphatic heterocycles. The lowest BCUT2D eigenvalue weighted by molar-refractivity contribution is -0.167. The highest BCUT2D eigenvalue weighted by atomic mass is 19.4. The largest absolute Gasteiger partial charge is 0.395 e. The SMILES string of the molecule is Cc1nc2nc(C3CCOC(c4ccc(=O)n(C5COC5)c4)C3)nc(C34CC3(C(F)(F)F)C4)c2nc1C. The monoisotopic (exact) mass is 513 g/mol. The Bertz CT molecular complexity index is 1490. The number of halogens is 3. The maximum Gasteiger partial charge on any atom is 0.395 e. The quantitative estimate of drug-likeness (QED) is 0.521. The summed E-state index contributed by atoms with van der Waals surface area (Å²) in [5.74, 6) is 0.380. The van der Waals surface area contributed by atoms with Crippen molar-refractivity contribution in [1.82, 2.24) is 24.5 Å². The molecule has 194 valence electrons. The molecule has 4 aliphatic rings. The van der Waals surface area contributed by atoms with Crippen LogP contribution in [0.15, 0.2) is 23.1 Å². The van der Waals surface area contributed by atoms with E-state index in [1.165, 1.54) is 0 Å². The third kappa shape index (κ3) is 3.32. The minimum absolute atomic E-state index is 0.0220. The molecule has 5 heterocycles. The van der Waals surface area contributed by atoms with Gasteiger partial charge in [-0.2, -0.15) is 13.2 Å². The molecule has 0 spiro atoms. The summed E-state index contributed by atoms with van der Waals surface area (Å²) in [6.07, 6.45) is -1.42. The number of aromatic nitrogens is 5. The molecule has 8 nitrogen and oxygen atoms in total. The van der Waals surface area contributed by atoms with E-state index in [2.05, 4.69) is 9.97 Å². The molecule has 0 radical (unpaired) electrons. The van der Waals surface area contributed by atoms with Gasteiger partial charge in [-0.1, -0.05) is 0 Å². The van der Waals surface area contributed by atoms with Crippen molar-refractivity contribution in [2.45, 2.75) is 69.2 Å². The molecule has 7 rings (SSSR count). The predicted octanol–water partition coefficient (Wildman–Crippen LogP) is 4.00. The van der Waals surface area contributed by atoms with Crippen molar-refractivity contribution in [1.29, 1.82) is 0 Å². The van der Waals surface area contributed by atoms with E-state index in [0.29, 0.717) is 66.7 Å². The smallest absolute Gasteiger partial charge is 0.377 e. The maximum atomic E-state index is 13.9. The molecular formula is C26H26F3N5O3. The van der Waals surface area contributed by atoms with Gasteiger partial charge in [0.25, 0.3) is 5.56 Å². The summed E-state index contributed by atoms with van der Waals surface area (Å²) < 4.78 is 54.6. The zero-order chi connectivity index (χ0) is 25.7. The summed E-state index contributed by atoms with van der Waals surface area (Å²) in [5, 5.41) is 0. The third-order valence-corrected chi connectivity index (χ3v) is 8.82. The third-order valence-electron chi connectivity index (χ3n) is 8.82. The van der Waals surface area contributed by atoms with Crippen LogP contribution in [0.4, 0.5) is 13.2 Å². The molecular weight excluding hydrogens is 487 g/mol. The zero-order valence-electron chi connectivity index (χ0n) is 20.5. The Kier molecular flexibility index (Phi) is 4.75. The summed E-state index contributed by atoms with van der Waals surface area (Å²) in [6.45, 7) is 5.08. The van der Waals surface area contributed by atoms with Crippen molar-refractivity contribution in [3.8, 4) is 0 Å². The second kappa shape index (κ2) is 7.57. The number of alkyl halides is 3. The minimum Gasteiger partial charge on any atom is -0.377 e. The second-order valence-corrected chi connectivity index (χ2v) is 11.0. The van der Waals surface area contributed by atoms with Gasteiger partial charge in [-0.25, -0.2) is 19.9 Å². The van der Waals surface area contributed by atoms with Gasteiger partial charge in [-0.15, -0.1) is 0 Å². The van der Waals surface area contributed by atoms with Crippen molar-refractivity contribution >= 4 is 11.2 Å². The molecule has 11 heteroatoms. The highest BCUT2D eigenvalue weighted by molar-refractivity contribution is 5.77. The summed E-state index contributed by atoms with van der Waals surface area (Å²) in [6, 6.07) is 3.34. The topological polar surface area (TPSA) is 92.0 Å². The van der Waals surface area contributed by atoms with Gasteiger partial charge < -0.3 is 14.0 Å². The fourth-order valence-corrected chi connectivity index (χ4v) is 6.05. The predicted molar refractivity (Wildman–Crippen MR) is 125 cm³/mol. The Morgan fingerprint density at radius 3 is 2.49 bits per heavy atom. The number of hydrogen-bond donors (Lipinski definition) is 0. The maximum absolute atomic E-state index is 13.9. The average Bonchev–Trinajstić information content (AvgIpc) is 3.68. The second-order valence-electron chi connectivity index (χ2n) is 11.0. The van der Waals surface area contributed by atoms with Gasteiger partial charge in [-0.05, 0) is 51.2 Å². The lowest BCUT2D eigenvalue weighted by Crippen LogP contribution is -2.37. The zero-order valence-corrected chi connectivity index (χ0v) is 20.5. The number of aryl methyl sites for hydroxylation is 2. The molecule has 2 atom stereocenters. The van der Waals surface area contributed by atoms with E-state index in [9.17, 15) is 18.0 Å². The highest BCUT2D eigenvalue weighted by Crippen LogP contribution is 2.90. The van der Waals surface area contributed by atoms with Crippen molar-refractivity contribution in [2.24, 2.45) is 5.41 Å². The van der Waals surface area contributed by atoms with Gasteiger partial charge in [0.2, 0.25) is 0 Å². The number of rotatable bonds is 4. The molecule has 0 aromatic carbocycles. The van der Waals surface area contributed by atoms with Crippen molar-refractivity contribution < 1.29 is 22.6 Å². The van der Waals surface area contributed by atoms with Gasteiger partial charge in [0.15, 0.2) is 5.65 Å². The van der Waals surface area contributed by atoms with Crippen LogP contribution in [0.3, 0.4) is 0 Å². The first-order chi connectivity index (χ1) is 17.6. The highest BCUT2D eigenvalue weighted by Gasteiger charge is 2.94. The number of pyridine rings is 1. The van der Waals surface area contributed by atoms with Crippen LogP contribution in [0.1, 0.15) is 72.2 Å². The van der Waals surface area contributed by atoms with Gasteiger partial charge >= 0.3 is 6.18 Å². The molecule has 3 aromatic heterocycles. The molecule has 0 bridgehead atoms. The summed E-state index contributed by atoms with van der Waals surface area (Å²) >= 11 is 0. The van der Waals surface area contributed by atoms with Gasteiger partial charge in [-0.3, -0.25) is 4.79 Å². The standard InChI is InChI=1S/C26H26F3N5O3/c1-13-14(2)31-23-20(30-13)21(24-11-25(24,12-24)26(27,28)29)32-22(33-23)15-5-6-37-18(7-15)16-3-4-19(35)34(8-16)17-9-36-10-17/h3-4,8,15,17-18H,5-7,9-12H2,1-2H3. The Morgan fingerprint density at radius 1 is 1.05 bits per heavy atom. The van der Waals surface area contributed by atoms with E-state index >= 15 is 0 Å². The molecule has 2 aliphatic carbocycles. The van der Waals surface area contributed by atoms with Crippen LogP contribution in [0, 0.1) is 19.3 Å². The van der Waals surface area contributed by atoms with Crippen LogP contribution in [0.5, 0.6) is 0 Å². The van der Waals surface area contributed by atoms with Crippen LogP contribution in [0.2, 0.25) is 0 Å². The summed E-state index contributed by atoms with van der Waals surface area (Å²) in [5.41, 5.74) is 0.586. The number of nitrogens with zero attached hydrogens (tertiary/aromatic N) is 5. The average molecular weight is 514 g/mol. The molecule has 0 N–H and O–H groups in total. The number of hydrogen-bond acceptors (Lipinski definition) is 7. The molecule has 2 saturated heterocycles. The van der Waals surface area contributed by atoms with E-state index in [1.807, 2.05) is 13.1 Å². The Balaban J connectivity index is 1.26.